The molecule has 1 saturated carbocycles. The predicted octanol–water partition coefficient (Wildman–Crippen LogP) is 1.59. The van der Waals surface area contributed by atoms with Gasteiger partial charge in [-0.05, 0) is 39.8 Å². The number of aryl methyl sites for hydroxylation is 1. The lowest BCUT2D eigenvalue weighted by molar-refractivity contribution is 0.165. The highest BCUT2D eigenvalue weighted by Crippen LogP contribution is 2.22. The Morgan fingerprint density at radius 3 is 2.61 bits per heavy atom. The molecule has 0 aliphatic heterocycles. The van der Waals surface area contributed by atoms with Crippen molar-refractivity contribution in [3.8, 4) is 0 Å². The molecule has 102 valence electrons. The fraction of sp³-hybridized carbons (Fsp3) is 0.846. The average molecular weight is 252 g/mol. The first-order chi connectivity index (χ1) is 8.72. The minimum atomic E-state index is 0.651. The quantitative estimate of drug-likeness (QED) is 0.862. The molecule has 1 fully saturated rings. The highest BCUT2D eigenvalue weighted by Gasteiger charge is 2.23. The fourth-order valence-electron chi connectivity index (χ4n) is 2.66. The van der Waals surface area contributed by atoms with E-state index >= 15 is 0 Å². The molecular formula is C13H24N4O. The van der Waals surface area contributed by atoms with E-state index in [9.17, 15) is 0 Å². The zero-order chi connectivity index (χ0) is 13.0. The van der Waals surface area contributed by atoms with Crippen LogP contribution in [0.4, 0.5) is 0 Å². The van der Waals surface area contributed by atoms with Crippen LogP contribution < -0.4 is 5.32 Å². The summed E-state index contributed by atoms with van der Waals surface area (Å²) in [5.74, 6) is 1.54. The molecule has 1 aromatic rings. The summed E-state index contributed by atoms with van der Waals surface area (Å²) >= 11 is 0. The smallest absolute Gasteiger partial charge is 0.226 e. The summed E-state index contributed by atoms with van der Waals surface area (Å²) < 4.78 is 5.14. The van der Waals surface area contributed by atoms with Gasteiger partial charge in [-0.25, -0.2) is 0 Å². The molecule has 5 nitrogen and oxygen atoms in total. The molecule has 5 heteroatoms. The molecule has 0 spiro atoms. The monoisotopic (exact) mass is 252 g/mol. The van der Waals surface area contributed by atoms with Crippen LogP contribution in [0.3, 0.4) is 0 Å². The van der Waals surface area contributed by atoms with Gasteiger partial charge in [0.15, 0.2) is 5.82 Å². The first kappa shape index (κ1) is 13.5. The van der Waals surface area contributed by atoms with Gasteiger partial charge >= 0.3 is 0 Å². The maximum Gasteiger partial charge on any atom is 0.226 e. The molecule has 1 aliphatic carbocycles. The highest BCUT2D eigenvalue weighted by molar-refractivity contribution is 4.88. The third kappa shape index (κ3) is 3.29. The van der Waals surface area contributed by atoms with Crippen LogP contribution in [0.1, 0.15) is 44.3 Å². The van der Waals surface area contributed by atoms with Gasteiger partial charge in [0.25, 0.3) is 0 Å². The second-order valence-corrected chi connectivity index (χ2v) is 5.17. The second kappa shape index (κ2) is 6.29. The highest BCUT2D eigenvalue weighted by atomic mass is 16.5. The molecule has 1 aliphatic rings. The van der Waals surface area contributed by atoms with Crippen molar-refractivity contribution < 1.29 is 4.52 Å². The largest absolute Gasteiger partial charge is 0.339 e. The Hall–Kier alpha value is -0.940. The van der Waals surface area contributed by atoms with Crippen molar-refractivity contribution in [1.82, 2.24) is 20.4 Å². The standard InChI is InChI=1S/C13H24N4O/c1-4-13-15-12(16-18-13)9-17(3)11-7-5-10(14-2)6-8-11/h10-11,14H,4-9H2,1-3H3. The maximum atomic E-state index is 5.14. The van der Waals surface area contributed by atoms with Crippen LogP contribution in [-0.2, 0) is 13.0 Å². The van der Waals surface area contributed by atoms with Gasteiger partial charge in [0.1, 0.15) is 0 Å². The molecule has 0 unspecified atom stereocenters. The van der Waals surface area contributed by atoms with Crippen LogP contribution in [0.5, 0.6) is 0 Å². The van der Waals surface area contributed by atoms with Gasteiger partial charge in [-0.3, -0.25) is 4.90 Å². The average Bonchev–Trinajstić information content (AvgIpc) is 2.86. The first-order valence-corrected chi connectivity index (χ1v) is 6.92. The van der Waals surface area contributed by atoms with E-state index in [0.29, 0.717) is 12.1 Å². The molecule has 0 atom stereocenters. The minimum absolute atomic E-state index is 0.651. The number of hydrogen-bond donors (Lipinski definition) is 1. The van der Waals surface area contributed by atoms with Gasteiger partial charge in [-0.15, -0.1) is 0 Å². The van der Waals surface area contributed by atoms with Crippen molar-refractivity contribution in [3.05, 3.63) is 11.7 Å². The van der Waals surface area contributed by atoms with Gasteiger partial charge in [0.05, 0.1) is 6.54 Å². The SMILES string of the molecule is CCc1nc(CN(C)C2CCC(NC)CC2)no1. The number of rotatable bonds is 5. The van der Waals surface area contributed by atoms with Gasteiger partial charge in [0, 0.05) is 18.5 Å². The Bertz CT molecular complexity index is 358. The van der Waals surface area contributed by atoms with Gasteiger partial charge in [-0.1, -0.05) is 12.1 Å². The summed E-state index contributed by atoms with van der Waals surface area (Å²) in [5, 5.41) is 7.38. The van der Waals surface area contributed by atoms with E-state index in [0.717, 1.165) is 24.7 Å². The van der Waals surface area contributed by atoms with Crippen LogP contribution in [-0.4, -0.2) is 41.2 Å². The summed E-state index contributed by atoms with van der Waals surface area (Å²) in [6.45, 7) is 2.82. The van der Waals surface area contributed by atoms with Crippen molar-refractivity contribution in [2.75, 3.05) is 14.1 Å². The van der Waals surface area contributed by atoms with Crippen LogP contribution in [0, 0.1) is 0 Å². The van der Waals surface area contributed by atoms with E-state index in [4.69, 9.17) is 4.52 Å². The predicted molar refractivity (Wildman–Crippen MR) is 70.2 cm³/mol. The summed E-state index contributed by atoms with van der Waals surface area (Å²) in [6, 6.07) is 1.35. The zero-order valence-electron chi connectivity index (χ0n) is 11.6. The van der Waals surface area contributed by atoms with Gasteiger partial charge in [0.2, 0.25) is 5.89 Å². The second-order valence-electron chi connectivity index (χ2n) is 5.17. The van der Waals surface area contributed by atoms with Crippen molar-refractivity contribution in [3.63, 3.8) is 0 Å². The van der Waals surface area contributed by atoms with Crippen molar-refractivity contribution in [1.29, 1.82) is 0 Å². The molecule has 1 heterocycles. The minimum Gasteiger partial charge on any atom is -0.339 e. The topological polar surface area (TPSA) is 54.2 Å². The molecule has 1 N–H and O–H groups in total. The lowest BCUT2D eigenvalue weighted by Gasteiger charge is -2.33. The van der Waals surface area contributed by atoms with Crippen LogP contribution >= 0.6 is 0 Å². The number of aromatic nitrogens is 2. The van der Waals surface area contributed by atoms with Gasteiger partial charge < -0.3 is 9.84 Å². The van der Waals surface area contributed by atoms with Crippen LogP contribution in [0.15, 0.2) is 4.52 Å². The Kier molecular flexibility index (Phi) is 4.72. The van der Waals surface area contributed by atoms with Gasteiger partial charge in [-0.2, -0.15) is 4.98 Å². The normalized spacial score (nSPS) is 24.7. The fourth-order valence-corrected chi connectivity index (χ4v) is 2.66. The lowest BCUT2D eigenvalue weighted by Crippen LogP contribution is -2.39. The number of hydrogen-bond acceptors (Lipinski definition) is 5. The van der Waals surface area contributed by atoms with Crippen molar-refractivity contribution in [2.45, 2.75) is 57.7 Å². The molecule has 18 heavy (non-hydrogen) atoms. The molecular weight excluding hydrogens is 228 g/mol. The molecule has 1 aromatic heterocycles. The Morgan fingerprint density at radius 2 is 2.06 bits per heavy atom. The van der Waals surface area contributed by atoms with Crippen LogP contribution in [0.25, 0.3) is 0 Å². The van der Waals surface area contributed by atoms with E-state index in [2.05, 4.69) is 34.5 Å². The Morgan fingerprint density at radius 1 is 1.33 bits per heavy atom. The molecule has 0 radical (unpaired) electrons. The van der Waals surface area contributed by atoms with E-state index in [1.54, 1.807) is 0 Å². The van der Waals surface area contributed by atoms with E-state index in [1.165, 1.54) is 25.7 Å². The summed E-state index contributed by atoms with van der Waals surface area (Å²) in [5.41, 5.74) is 0. The number of nitrogens with zero attached hydrogens (tertiary/aromatic N) is 3. The van der Waals surface area contributed by atoms with Crippen LogP contribution in [0.2, 0.25) is 0 Å². The Labute approximate surface area is 109 Å². The Balaban J connectivity index is 1.82. The zero-order valence-corrected chi connectivity index (χ0v) is 11.6. The third-order valence-corrected chi connectivity index (χ3v) is 3.93. The molecule has 0 amide bonds. The van der Waals surface area contributed by atoms with Crippen molar-refractivity contribution in [2.24, 2.45) is 0 Å². The number of nitrogens with one attached hydrogen (secondary N) is 1. The summed E-state index contributed by atoms with van der Waals surface area (Å²) in [7, 11) is 4.21. The van der Waals surface area contributed by atoms with Crippen molar-refractivity contribution >= 4 is 0 Å². The lowest BCUT2D eigenvalue weighted by atomic mass is 9.90. The molecule has 0 aromatic carbocycles. The summed E-state index contributed by atoms with van der Waals surface area (Å²) in [6.07, 6.45) is 5.83. The molecule has 2 rings (SSSR count). The first-order valence-electron chi connectivity index (χ1n) is 6.92. The maximum absolute atomic E-state index is 5.14. The third-order valence-electron chi connectivity index (χ3n) is 3.93. The molecule has 0 saturated heterocycles. The van der Waals surface area contributed by atoms with E-state index in [-0.39, 0.29) is 0 Å². The van der Waals surface area contributed by atoms with E-state index < -0.39 is 0 Å². The summed E-state index contributed by atoms with van der Waals surface area (Å²) in [4.78, 5) is 6.72. The molecule has 0 bridgehead atoms. The van der Waals surface area contributed by atoms with E-state index in [1.807, 2.05) is 6.92 Å².